The molecular formula is C44H29N5. The Morgan fingerprint density at radius 2 is 0.959 bits per heavy atom. The number of fused-ring (bicyclic) bond motifs is 3. The first-order valence-electron chi connectivity index (χ1n) is 16.3. The van der Waals surface area contributed by atoms with Gasteiger partial charge in [-0.15, -0.1) is 0 Å². The van der Waals surface area contributed by atoms with Gasteiger partial charge in [0, 0.05) is 41.3 Å². The molecule has 5 nitrogen and oxygen atoms in total. The zero-order chi connectivity index (χ0) is 32.6. The smallest absolute Gasteiger partial charge is 0.137 e. The topological polar surface area (TPSA) is 56.5 Å². The molecule has 0 radical (unpaired) electrons. The van der Waals surface area contributed by atoms with Gasteiger partial charge in [0.15, 0.2) is 0 Å². The van der Waals surface area contributed by atoms with Gasteiger partial charge < -0.3 is 0 Å². The van der Waals surface area contributed by atoms with Crippen LogP contribution in [-0.2, 0) is 0 Å². The lowest BCUT2D eigenvalue weighted by Crippen LogP contribution is -1.98. The zero-order valence-corrected chi connectivity index (χ0v) is 26.5. The van der Waals surface area contributed by atoms with E-state index in [-0.39, 0.29) is 0 Å². The fourth-order valence-corrected chi connectivity index (χ4v) is 6.56. The van der Waals surface area contributed by atoms with E-state index in [2.05, 4.69) is 136 Å². The van der Waals surface area contributed by atoms with Crippen molar-refractivity contribution in [3.8, 4) is 61.7 Å². The molecule has 0 fully saturated rings. The van der Waals surface area contributed by atoms with Gasteiger partial charge in [-0.25, -0.2) is 9.97 Å². The van der Waals surface area contributed by atoms with Gasteiger partial charge in [-0.1, -0.05) is 97.1 Å². The quantitative estimate of drug-likeness (QED) is 0.184. The monoisotopic (exact) mass is 627 g/mol. The molecule has 0 saturated heterocycles. The third-order valence-corrected chi connectivity index (χ3v) is 9.05. The molecule has 4 aromatic carbocycles. The van der Waals surface area contributed by atoms with Gasteiger partial charge in [-0.05, 0) is 88.0 Å². The minimum atomic E-state index is 0.834. The van der Waals surface area contributed by atoms with Gasteiger partial charge in [0.25, 0.3) is 0 Å². The summed E-state index contributed by atoms with van der Waals surface area (Å²) in [6.07, 6.45) is 7.36. The van der Waals surface area contributed by atoms with E-state index in [0.29, 0.717) is 0 Å². The van der Waals surface area contributed by atoms with Gasteiger partial charge in [0.1, 0.15) is 5.82 Å². The van der Waals surface area contributed by atoms with E-state index in [4.69, 9.17) is 9.97 Å². The van der Waals surface area contributed by atoms with Crippen LogP contribution in [0, 0.1) is 0 Å². The summed E-state index contributed by atoms with van der Waals surface area (Å²) in [6, 6.07) is 52.8. The molecule has 0 bridgehead atoms. The molecule has 0 aliphatic carbocycles. The summed E-state index contributed by atoms with van der Waals surface area (Å²) in [4.78, 5) is 19.0. The zero-order valence-electron chi connectivity index (χ0n) is 26.5. The Balaban J connectivity index is 1.08. The van der Waals surface area contributed by atoms with Gasteiger partial charge in [-0.3, -0.25) is 14.5 Å². The molecule has 49 heavy (non-hydrogen) atoms. The van der Waals surface area contributed by atoms with E-state index in [9.17, 15) is 0 Å². The highest BCUT2D eigenvalue weighted by Crippen LogP contribution is 2.34. The number of hydrogen-bond donors (Lipinski definition) is 0. The molecule has 0 unspecified atom stereocenters. The van der Waals surface area contributed by atoms with Crippen LogP contribution < -0.4 is 0 Å². The fraction of sp³-hybridized carbons (Fsp3) is 0. The number of hydrogen-bond acceptors (Lipinski definition) is 4. The largest absolute Gasteiger partial charge is 0.292 e. The minimum Gasteiger partial charge on any atom is -0.292 e. The Labute approximate surface area is 283 Å². The van der Waals surface area contributed by atoms with Crippen LogP contribution in [0.1, 0.15) is 0 Å². The molecule has 0 atom stereocenters. The van der Waals surface area contributed by atoms with Gasteiger partial charge in [0.05, 0.1) is 27.9 Å². The number of rotatable bonds is 6. The summed E-state index contributed by atoms with van der Waals surface area (Å²) < 4.78 is 2.17. The molecule has 9 rings (SSSR count). The van der Waals surface area contributed by atoms with E-state index in [0.717, 1.165) is 61.4 Å². The lowest BCUT2D eigenvalue weighted by Gasteiger charge is -2.12. The van der Waals surface area contributed by atoms with Crippen LogP contribution in [0.4, 0.5) is 0 Å². The predicted octanol–water partition coefficient (Wildman–Crippen LogP) is 10.7. The molecule has 0 spiro atoms. The van der Waals surface area contributed by atoms with Gasteiger partial charge in [0.2, 0.25) is 0 Å². The average molecular weight is 628 g/mol. The van der Waals surface area contributed by atoms with E-state index in [1.165, 1.54) is 22.3 Å². The SMILES string of the molecule is c1ccc(-c2ccc(-c3ccc(-c4cc(-c5ccncc5)nc(-c5ccc(-n6c7ccccc7c7ncccc76)nc5)c4)cc3)cc2)cc1. The second-order valence-corrected chi connectivity index (χ2v) is 12.0. The molecule has 5 heterocycles. The van der Waals surface area contributed by atoms with Crippen molar-refractivity contribution in [1.82, 2.24) is 24.5 Å². The lowest BCUT2D eigenvalue weighted by atomic mass is 9.97. The fourth-order valence-electron chi connectivity index (χ4n) is 6.56. The predicted molar refractivity (Wildman–Crippen MR) is 199 cm³/mol. The highest BCUT2D eigenvalue weighted by atomic mass is 15.1. The average Bonchev–Trinajstić information content (AvgIpc) is 3.53. The van der Waals surface area contributed by atoms with Crippen LogP contribution in [0.5, 0.6) is 0 Å². The van der Waals surface area contributed by atoms with E-state index in [1.807, 2.05) is 42.7 Å². The second kappa shape index (κ2) is 12.1. The summed E-state index contributed by atoms with van der Waals surface area (Å²) in [5.74, 6) is 0.834. The Hall–Kier alpha value is -6.72. The number of nitrogens with zero attached hydrogens (tertiary/aromatic N) is 5. The van der Waals surface area contributed by atoms with Crippen molar-refractivity contribution < 1.29 is 0 Å². The van der Waals surface area contributed by atoms with Crippen molar-refractivity contribution in [2.45, 2.75) is 0 Å². The van der Waals surface area contributed by atoms with E-state index >= 15 is 0 Å². The third-order valence-electron chi connectivity index (χ3n) is 9.05. The Morgan fingerprint density at radius 1 is 0.388 bits per heavy atom. The van der Waals surface area contributed by atoms with Crippen LogP contribution in [0.3, 0.4) is 0 Å². The normalized spacial score (nSPS) is 11.3. The van der Waals surface area contributed by atoms with Crippen LogP contribution in [0.25, 0.3) is 83.6 Å². The summed E-state index contributed by atoms with van der Waals surface area (Å²) in [5, 5.41) is 1.11. The molecule has 0 aliphatic rings. The first kappa shape index (κ1) is 28.5. The summed E-state index contributed by atoms with van der Waals surface area (Å²) in [7, 11) is 0. The molecule has 0 aliphatic heterocycles. The maximum atomic E-state index is 5.11. The Morgan fingerprint density at radius 3 is 1.63 bits per heavy atom. The van der Waals surface area contributed by atoms with Crippen molar-refractivity contribution in [2.75, 3.05) is 0 Å². The van der Waals surface area contributed by atoms with Crippen LogP contribution in [0.2, 0.25) is 0 Å². The Bertz CT molecular complexity index is 2500. The van der Waals surface area contributed by atoms with E-state index in [1.54, 1.807) is 12.4 Å². The van der Waals surface area contributed by atoms with E-state index < -0.39 is 0 Å². The van der Waals surface area contributed by atoms with Crippen molar-refractivity contribution in [2.24, 2.45) is 0 Å². The molecule has 0 N–H and O–H groups in total. The van der Waals surface area contributed by atoms with Crippen molar-refractivity contribution in [3.63, 3.8) is 0 Å². The van der Waals surface area contributed by atoms with Crippen molar-refractivity contribution >= 4 is 21.9 Å². The number of para-hydroxylation sites is 1. The molecular weight excluding hydrogens is 599 g/mol. The van der Waals surface area contributed by atoms with Gasteiger partial charge in [-0.2, -0.15) is 0 Å². The van der Waals surface area contributed by atoms with Crippen LogP contribution in [0.15, 0.2) is 176 Å². The minimum absolute atomic E-state index is 0.834. The molecule has 9 aromatic rings. The molecule has 0 saturated carbocycles. The van der Waals surface area contributed by atoms with Crippen molar-refractivity contribution in [3.05, 3.63) is 176 Å². The summed E-state index contributed by atoms with van der Waals surface area (Å²) in [5.41, 5.74) is 13.7. The lowest BCUT2D eigenvalue weighted by molar-refractivity contribution is 1.08. The maximum absolute atomic E-state index is 5.11. The maximum Gasteiger partial charge on any atom is 0.137 e. The summed E-state index contributed by atoms with van der Waals surface area (Å²) in [6.45, 7) is 0. The van der Waals surface area contributed by atoms with Crippen molar-refractivity contribution in [1.29, 1.82) is 0 Å². The van der Waals surface area contributed by atoms with Crippen LogP contribution >= 0.6 is 0 Å². The Kier molecular flexibility index (Phi) is 7.06. The molecule has 5 heteroatoms. The third kappa shape index (κ3) is 5.33. The van der Waals surface area contributed by atoms with Gasteiger partial charge >= 0.3 is 0 Å². The van der Waals surface area contributed by atoms with Crippen LogP contribution in [-0.4, -0.2) is 24.5 Å². The highest BCUT2D eigenvalue weighted by Gasteiger charge is 2.15. The number of aromatic nitrogens is 5. The standard InChI is InChI=1S/C44H29N5/c1-2-7-30(8-3-1)31-12-14-32(15-13-31)33-16-18-34(19-17-33)37-27-39(35-22-25-45-26-23-35)48-40(28-37)36-20-21-43(47-29-36)49-41-10-5-4-9-38(41)44-42(49)11-6-24-46-44/h1-29H. The molecule has 230 valence electrons. The number of benzene rings is 4. The summed E-state index contributed by atoms with van der Waals surface area (Å²) >= 11 is 0. The first-order valence-corrected chi connectivity index (χ1v) is 16.3. The number of pyridine rings is 4. The molecule has 5 aromatic heterocycles. The molecule has 0 amide bonds. The second-order valence-electron chi connectivity index (χ2n) is 12.0. The highest BCUT2D eigenvalue weighted by molar-refractivity contribution is 6.06. The first-order chi connectivity index (χ1) is 24.3.